The van der Waals surface area contributed by atoms with E-state index in [9.17, 15) is 14.4 Å². The van der Waals surface area contributed by atoms with Crippen LogP contribution < -0.4 is 5.32 Å². The van der Waals surface area contributed by atoms with Gasteiger partial charge in [0.25, 0.3) is 6.29 Å². The van der Waals surface area contributed by atoms with Crippen molar-refractivity contribution in [2.75, 3.05) is 0 Å². The minimum Gasteiger partial charge on any atom is -0.481 e. The molecular formula is C19H35NO6. The molecule has 7 nitrogen and oxygen atoms in total. The summed E-state index contributed by atoms with van der Waals surface area (Å²) in [4.78, 5) is 35.2. The molecule has 152 valence electrons. The molecule has 0 bridgehead atoms. The van der Waals surface area contributed by atoms with Gasteiger partial charge in [0.1, 0.15) is 0 Å². The first-order valence-corrected chi connectivity index (χ1v) is 9.38. The third kappa shape index (κ3) is 9.06. The van der Waals surface area contributed by atoms with Crippen molar-refractivity contribution in [2.24, 2.45) is 23.7 Å². The maximum absolute atomic E-state index is 12.3. The molecule has 2 N–H and O–H groups in total. The Morgan fingerprint density at radius 2 is 1.58 bits per heavy atom. The summed E-state index contributed by atoms with van der Waals surface area (Å²) in [5.74, 6) is -1.78. The second-order valence-electron chi connectivity index (χ2n) is 7.58. The summed E-state index contributed by atoms with van der Waals surface area (Å²) in [5.41, 5.74) is 0. The number of hydrogen-bond acceptors (Lipinski definition) is 5. The van der Waals surface area contributed by atoms with Gasteiger partial charge in [-0.25, -0.2) is 4.79 Å². The van der Waals surface area contributed by atoms with Crippen LogP contribution in [-0.2, 0) is 19.1 Å². The first-order valence-electron chi connectivity index (χ1n) is 9.38. The molecule has 0 saturated carbocycles. The van der Waals surface area contributed by atoms with Gasteiger partial charge in [-0.3, -0.25) is 9.59 Å². The lowest BCUT2D eigenvalue weighted by molar-refractivity contribution is -0.178. The minimum atomic E-state index is -1.02. The van der Waals surface area contributed by atoms with Gasteiger partial charge in [-0.1, -0.05) is 61.3 Å². The molecule has 0 aliphatic heterocycles. The number of rotatable bonds is 11. The number of carbonyl (C=O) groups is 3. The highest BCUT2D eigenvalue weighted by Gasteiger charge is 2.29. The van der Waals surface area contributed by atoms with E-state index in [-0.39, 0.29) is 30.1 Å². The molecule has 26 heavy (non-hydrogen) atoms. The number of esters is 1. The third-order valence-electron chi connectivity index (χ3n) is 4.45. The van der Waals surface area contributed by atoms with Gasteiger partial charge in [-0.2, -0.15) is 0 Å². The van der Waals surface area contributed by atoms with Crippen LogP contribution in [0.25, 0.3) is 0 Å². The van der Waals surface area contributed by atoms with Crippen LogP contribution in [0.4, 0.5) is 4.79 Å². The molecule has 0 radical (unpaired) electrons. The quantitative estimate of drug-likeness (QED) is 0.422. The summed E-state index contributed by atoms with van der Waals surface area (Å²) in [7, 11) is 0. The Balaban J connectivity index is 4.99. The van der Waals surface area contributed by atoms with E-state index < -0.39 is 30.4 Å². The average Bonchev–Trinajstić information content (AvgIpc) is 2.52. The Kier molecular flexibility index (Phi) is 10.9. The number of nitrogens with one attached hydrogen (secondary N) is 1. The molecule has 0 aromatic carbocycles. The predicted molar refractivity (Wildman–Crippen MR) is 98.4 cm³/mol. The molecule has 0 saturated heterocycles. The molecule has 0 aliphatic rings. The molecule has 1 amide bonds. The Hall–Kier alpha value is -1.79. The molecular weight excluding hydrogens is 338 g/mol. The van der Waals surface area contributed by atoms with Gasteiger partial charge in [0.2, 0.25) is 0 Å². The standard InChI is InChI=1S/C19H35NO6/c1-8-9-13(6)14(7)15(10-16(21)22)20-19(24)26-18(12(4)5)25-17(23)11(2)3/h11-15,18H,8-10H2,1-7H3,(H,20,24)(H,21,22)/t13-,14-,15+,18+/m1/s1. The van der Waals surface area contributed by atoms with Crippen molar-refractivity contribution in [1.29, 1.82) is 0 Å². The van der Waals surface area contributed by atoms with E-state index in [1.807, 2.05) is 13.8 Å². The fourth-order valence-electron chi connectivity index (χ4n) is 2.51. The van der Waals surface area contributed by atoms with Crippen molar-refractivity contribution in [3.63, 3.8) is 0 Å². The van der Waals surface area contributed by atoms with E-state index in [4.69, 9.17) is 14.6 Å². The summed E-state index contributed by atoms with van der Waals surface area (Å²) in [6.07, 6.45) is -0.0614. The number of carboxylic acids is 1. The number of hydrogen-bond donors (Lipinski definition) is 2. The molecule has 0 aliphatic carbocycles. The van der Waals surface area contributed by atoms with E-state index in [1.165, 1.54) is 0 Å². The fourth-order valence-corrected chi connectivity index (χ4v) is 2.51. The highest BCUT2D eigenvalue weighted by Crippen LogP contribution is 2.22. The van der Waals surface area contributed by atoms with Crippen LogP contribution in [0.2, 0.25) is 0 Å². The molecule has 0 unspecified atom stereocenters. The van der Waals surface area contributed by atoms with Crippen LogP contribution in [-0.4, -0.2) is 35.5 Å². The Morgan fingerprint density at radius 3 is 2.00 bits per heavy atom. The van der Waals surface area contributed by atoms with Gasteiger partial charge in [-0.15, -0.1) is 0 Å². The van der Waals surface area contributed by atoms with E-state index in [2.05, 4.69) is 12.2 Å². The van der Waals surface area contributed by atoms with Gasteiger partial charge in [0.15, 0.2) is 0 Å². The summed E-state index contributed by atoms with van der Waals surface area (Å²) in [6.45, 7) is 13.0. The van der Waals surface area contributed by atoms with E-state index >= 15 is 0 Å². The zero-order valence-electron chi connectivity index (χ0n) is 17.1. The molecule has 7 heteroatoms. The molecule has 0 spiro atoms. The Labute approximate surface area is 156 Å². The molecule has 0 aromatic heterocycles. The van der Waals surface area contributed by atoms with Crippen LogP contribution in [0, 0.1) is 23.7 Å². The number of carbonyl (C=O) groups excluding carboxylic acids is 2. The summed E-state index contributed by atoms with van der Waals surface area (Å²) in [5, 5.41) is 11.8. The highest BCUT2D eigenvalue weighted by molar-refractivity contribution is 5.73. The third-order valence-corrected chi connectivity index (χ3v) is 4.45. The van der Waals surface area contributed by atoms with Crippen LogP contribution in [0.15, 0.2) is 0 Å². The van der Waals surface area contributed by atoms with Crippen LogP contribution in [0.1, 0.15) is 67.7 Å². The Bertz CT molecular complexity index is 463. The zero-order valence-corrected chi connectivity index (χ0v) is 17.1. The second kappa shape index (κ2) is 11.8. The smallest absolute Gasteiger partial charge is 0.410 e. The normalized spacial score (nSPS) is 15.9. The number of carboxylic acid groups (broad SMARTS) is 1. The fraction of sp³-hybridized carbons (Fsp3) is 0.842. The van der Waals surface area contributed by atoms with Gasteiger partial charge in [0.05, 0.1) is 12.3 Å². The van der Waals surface area contributed by atoms with E-state index in [1.54, 1.807) is 27.7 Å². The monoisotopic (exact) mass is 373 g/mol. The zero-order chi connectivity index (χ0) is 20.4. The molecule has 0 heterocycles. The molecule has 4 atom stereocenters. The lowest BCUT2D eigenvalue weighted by Crippen LogP contribution is -2.45. The van der Waals surface area contributed by atoms with Crippen molar-refractivity contribution in [2.45, 2.75) is 80.1 Å². The summed E-state index contributed by atoms with van der Waals surface area (Å²) < 4.78 is 10.5. The Morgan fingerprint density at radius 1 is 1.00 bits per heavy atom. The van der Waals surface area contributed by atoms with Crippen molar-refractivity contribution >= 4 is 18.0 Å². The topological polar surface area (TPSA) is 102 Å². The number of aliphatic carboxylic acids is 1. The second-order valence-corrected chi connectivity index (χ2v) is 7.58. The van der Waals surface area contributed by atoms with E-state index in [0.29, 0.717) is 0 Å². The summed E-state index contributed by atoms with van der Waals surface area (Å²) >= 11 is 0. The highest BCUT2D eigenvalue weighted by atomic mass is 16.7. The number of alkyl carbamates (subject to hydrolysis) is 1. The van der Waals surface area contributed by atoms with Crippen molar-refractivity contribution in [3.05, 3.63) is 0 Å². The van der Waals surface area contributed by atoms with E-state index in [0.717, 1.165) is 12.8 Å². The molecule has 0 aromatic rings. The lowest BCUT2D eigenvalue weighted by Gasteiger charge is -2.29. The lowest BCUT2D eigenvalue weighted by atomic mass is 9.84. The largest absolute Gasteiger partial charge is 0.481 e. The molecule has 0 fully saturated rings. The van der Waals surface area contributed by atoms with Gasteiger partial charge >= 0.3 is 18.0 Å². The van der Waals surface area contributed by atoms with Crippen LogP contribution in [0.3, 0.4) is 0 Å². The van der Waals surface area contributed by atoms with Crippen molar-refractivity contribution in [1.82, 2.24) is 5.32 Å². The van der Waals surface area contributed by atoms with Crippen molar-refractivity contribution < 1.29 is 29.0 Å². The average molecular weight is 373 g/mol. The maximum atomic E-state index is 12.3. The van der Waals surface area contributed by atoms with Gasteiger partial charge in [-0.05, 0) is 11.8 Å². The maximum Gasteiger partial charge on any atom is 0.410 e. The minimum absolute atomic E-state index is 0.0330. The number of ether oxygens (including phenoxy) is 2. The predicted octanol–water partition coefficient (Wildman–Crippen LogP) is 3.81. The summed E-state index contributed by atoms with van der Waals surface area (Å²) in [6, 6.07) is -0.560. The van der Waals surface area contributed by atoms with Crippen LogP contribution >= 0.6 is 0 Å². The van der Waals surface area contributed by atoms with Gasteiger partial charge < -0.3 is 19.9 Å². The molecule has 0 rings (SSSR count). The van der Waals surface area contributed by atoms with Gasteiger partial charge in [0, 0.05) is 12.0 Å². The number of amides is 1. The SMILES string of the molecule is CCC[C@@H](C)[C@@H](C)[C@H](CC(=O)O)NC(=O)O[C@H](OC(=O)C(C)C)C(C)C. The first kappa shape index (κ1) is 24.2. The van der Waals surface area contributed by atoms with Crippen LogP contribution in [0.5, 0.6) is 0 Å². The first-order chi connectivity index (χ1) is 12.0. The van der Waals surface area contributed by atoms with Crippen molar-refractivity contribution in [3.8, 4) is 0 Å².